The van der Waals surface area contributed by atoms with E-state index in [9.17, 15) is 4.79 Å². The molecule has 166 valence electrons. The minimum Gasteiger partial charge on any atom is -0.492 e. The molecule has 0 saturated heterocycles. The highest BCUT2D eigenvalue weighted by atomic mass is 35.5. The second-order valence-electron chi connectivity index (χ2n) is 7.71. The Balaban J connectivity index is 1.57. The molecule has 0 fully saturated rings. The molecular weight excluding hydrogens is 410 g/mol. The number of ether oxygens (including phenoxy) is 1. The van der Waals surface area contributed by atoms with E-state index in [4.69, 9.17) is 21.3 Å². The fraction of sp³-hybridized carbons (Fsp3) is 0.440. The van der Waals surface area contributed by atoms with Gasteiger partial charge in [-0.05, 0) is 49.9 Å². The summed E-state index contributed by atoms with van der Waals surface area (Å²) in [7, 11) is 0. The molecule has 2 aromatic carbocycles. The molecule has 0 saturated carbocycles. The Kier molecular flexibility index (Phi) is 8.77. The smallest absolute Gasteiger partial charge is 0.223 e. The highest BCUT2D eigenvalue weighted by molar-refractivity contribution is 6.32. The van der Waals surface area contributed by atoms with Gasteiger partial charge in [0.05, 0.1) is 22.7 Å². The minimum atomic E-state index is 0.114. The lowest BCUT2D eigenvalue weighted by atomic mass is 10.0. The Labute approximate surface area is 189 Å². The van der Waals surface area contributed by atoms with E-state index in [1.54, 1.807) is 0 Å². The predicted molar refractivity (Wildman–Crippen MR) is 127 cm³/mol. The molecule has 1 N–H and O–H groups in total. The third-order valence-electron chi connectivity index (χ3n) is 5.59. The second-order valence-corrected chi connectivity index (χ2v) is 8.12. The topological polar surface area (TPSA) is 56.2 Å². The lowest BCUT2D eigenvalue weighted by molar-refractivity contribution is -0.125. The van der Waals surface area contributed by atoms with Gasteiger partial charge in [-0.2, -0.15) is 0 Å². The summed E-state index contributed by atoms with van der Waals surface area (Å²) in [6.45, 7) is 6.20. The molecule has 1 amide bonds. The fourth-order valence-electron chi connectivity index (χ4n) is 3.79. The molecule has 31 heavy (non-hydrogen) atoms. The number of imidazole rings is 1. The second kappa shape index (κ2) is 11.8. The molecule has 1 aromatic heterocycles. The maximum Gasteiger partial charge on any atom is 0.223 e. The number of amides is 1. The number of rotatable bonds is 12. The maximum atomic E-state index is 12.2. The number of para-hydroxylation sites is 3. The van der Waals surface area contributed by atoms with Gasteiger partial charge in [0.2, 0.25) is 5.91 Å². The molecule has 0 bridgehead atoms. The van der Waals surface area contributed by atoms with Gasteiger partial charge in [0.1, 0.15) is 11.6 Å². The monoisotopic (exact) mass is 441 g/mol. The minimum absolute atomic E-state index is 0.114. The zero-order valence-corrected chi connectivity index (χ0v) is 19.2. The Morgan fingerprint density at radius 2 is 1.84 bits per heavy atom. The molecule has 6 heteroatoms. The summed E-state index contributed by atoms with van der Waals surface area (Å²) in [5.41, 5.74) is 2.14. The number of carbonyl (C=O) groups is 1. The Bertz CT molecular complexity index is 982. The number of fused-ring (bicyclic) bond motifs is 1. The number of aromatic nitrogens is 2. The first-order valence-corrected chi connectivity index (χ1v) is 11.6. The van der Waals surface area contributed by atoms with Crippen LogP contribution in [-0.2, 0) is 17.8 Å². The van der Waals surface area contributed by atoms with Crippen LogP contribution in [0.4, 0.5) is 0 Å². The van der Waals surface area contributed by atoms with E-state index >= 15 is 0 Å². The summed E-state index contributed by atoms with van der Waals surface area (Å²) < 4.78 is 8.11. The van der Waals surface area contributed by atoms with Crippen molar-refractivity contribution in [1.29, 1.82) is 0 Å². The van der Waals surface area contributed by atoms with Crippen molar-refractivity contribution >= 4 is 28.5 Å². The molecule has 0 radical (unpaired) electrons. The standard InChI is InChI=1S/C25H32ClN3O2/c1-3-19(4-2)25(30)27-16-9-15-24-28-21-12-6-7-13-22(21)29(24)17-10-18-31-23-14-8-5-11-20(23)26/h5-8,11-14,19H,3-4,9-10,15-18H2,1-2H3,(H,27,30). The summed E-state index contributed by atoms with van der Waals surface area (Å²) in [5, 5.41) is 3.71. The molecule has 5 nitrogen and oxygen atoms in total. The van der Waals surface area contributed by atoms with Crippen molar-refractivity contribution in [1.82, 2.24) is 14.9 Å². The van der Waals surface area contributed by atoms with E-state index in [0.717, 1.165) is 55.5 Å². The average molecular weight is 442 g/mol. The van der Waals surface area contributed by atoms with Gasteiger partial charge in [-0.25, -0.2) is 4.98 Å². The molecular formula is C25H32ClN3O2. The number of benzene rings is 2. The van der Waals surface area contributed by atoms with Gasteiger partial charge in [-0.1, -0.05) is 49.7 Å². The van der Waals surface area contributed by atoms with Crippen molar-refractivity contribution in [2.75, 3.05) is 13.2 Å². The van der Waals surface area contributed by atoms with Crippen LogP contribution in [-0.4, -0.2) is 28.6 Å². The zero-order chi connectivity index (χ0) is 22.1. The fourth-order valence-corrected chi connectivity index (χ4v) is 3.98. The summed E-state index contributed by atoms with van der Waals surface area (Å²) in [4.78, 5) is 17.0. The van der Waals surface area contributed by atoms with Crippen LogP contribution in [0.2, 0.25) is 5.02 Å². The van der Waals surface area contributed by atoms with Gasteiger partial charge in [-0.15, -0.1) is 0 Å². The van der Waals surface area contributed by atoms with Crippen LogP contribution in [0.3, 0.4) is 0 Å². The summed E-state index contributed by atoms with van der Waals surface area (Å²) in [5.74, 6) is 2.04. The number of halogens is 1. The molecule has 3 rings (SSSR count). The van der Waals surface area contributed by atoms with Crippen molar-refractivity contribution in [3.05, 3.63) is 59.4 Å². The number of hydrogen-bond donors (Lipinski definition) is 1. The Morgan fingerprint density at radius 1 is 1.10 bits per heavy atom. The summed E-state index contributed by atoms with van der Waals surface area (Å²) in [6, 6.07) is 15.7. The normalized spacial score (nSPS) is 11.2. The SMILES string of the molecule is CCC(CC)C(=O)NCCCc1nc2ccccc2n1CCCOc1ccccc1Cl. The van der Waals surface area contributed by atoms with E-state index < -0.39 is 0 Å². The molecule has 0 atom stereocenters. The van der Waals surface area contributed by atoms with E-state index in [1.807, 2.05) is 42.5 Å². The lowest BCUT2D eigenvalue weighted by Crippen LogP contribution is -2.31. The van der Waals surface area contributed by atoms with Crippen LogP contribution < -0.4 is 10.1 Å². The van der Waals surface area contributed by atoms with E-state index in [1.165, 1.54) is 0 Å². The molecule has 0 unspecified atom stereocenters. The summed E-state index contributed by atoms with van der Waals surface area (Å²) >= 11 is 6.17. The van der Waals surface area contributed by atoms with Crippen LogP contribution in [0, 0.1) is 5.92 Å². The van der Waals surface area contributed by atoms with Gasteiger partial charge < -0.3 is 14.6 Å². The molecule has 0 aliphatic carbocycles. The van der Waals surface area contributed by atoms with Crippen LogP contribution in [0.25, 0.3) is 11.0 Å². The first-order valence-electron chi connectivity index (χ1n) is 11.2. The van der Waals surface area contributed by atoms with Crippen LogP contribution in [0.5, 0.6) is 5.75 Å². The van der Waals surface area contributed by atoms with Crippen LogP contribution >= 0.6 is 11.6 Å². The first kappa shape index (κ1) is 23.1. The van der Waals surface area contributed by atoms with Gasteiger partial charge in [-0.3, -0.25) is 4.79 Å². The Hall–Kier alpha value is -2.53. The van der Waals surface area contributed by atoms with Crippen molar-refractivity contribution in [3.63, 3.8) is 0 Å². The highest BCUT2D eigenvalue weighted by Crippen LogP contribution is 2.23. The van der Waals surface area contributed by atoms with Crippen molar-refractivity contribution in [3.8, 4) is 5.75 Å². The number of nitrogens with one attached hydrogen (secondary N) is 1. The number of carbonyl (C=O) groups excluding carboxylic acids is 1. The van der Waals surface area contributed by atoms with Crippen molar-refractivity contribution in [2.24, 2.45) is 5.92 Å². The van der Waals surface area contributed by atoms with Gasteiger partial charge in [0.25, 0.3) is 0 Å². The van der Waals surface area contributed by atoms with Crippen LogP contribution in [0.15, 0.2) is 48.5 Å². The van der Waals surface area contributed by atoms with E-state index in [2.05, 4.69) is 29.8 Å². The quantitative estimate of drug-likeness (QED) is 0.370. The maximum absolute atomic E-state index is 12.2. The molecule has 0 spiro atoms. The van der Waals surface area contributed by atoms with Crippen LogP contribution in [0.1, 0.15) is 45.4 Å². The van der Waals surface area contributed by atoms with Gasteiger partial charge in [0.15, 0.2) is 0 Å². The largest absolute Gasteiger partial charge is 0.492 e. The molecule has 0 aliphatic rings. The number of hydrogen-bond acceptors (Lipinski definition) is 3. The number of nitrogens with zero attached hydrogens (tertiary/aromatic N) is 2. The van der Waals surface area contributed by atoms with Crippen molar-refractivity contribution < 1.29 is 9.53 Å². The van der Waals surface area contributed by atoms with Gasteiger partial charge in [0, 0.05) is 25.4 Å². The first-order chi connectivity index (χ1) is 15.1. The van der Waals surface area contributed by atoms with Gasteiger partial charge >= 0.3 is 0 Å². The molecule has 0 aliphatic heterocycles. The van der Waals surface area contributed by atoms with Crippen molar-refractivity contribution in [2.45, 2.75) is 52.5 Å². The number of aryl methyl sites for hydroxylation is 2. The molecule has 3 aromatic rings. The average Bonchev–Trinajstić information content (AvgIpc) is 3.13. The highest BCUT2D eigenvalue weighted by Gasteiger charge is 2.14. The third kappa shape index (κ3) is 6.23. The Morgan fingerprint density at radius 3 is 2.61 bits per heavy atom. The van der Waals surface area contributed by atoms with E-state index in [0.29, 0.717) is 23.9 Å². The summed E-state index contributed by atoms with van der Waals surface area (Å²) in [6.07, 6.45) is 4.31. The van der Waals surface area contributed by atoms with E-state index in [-0.39, 0.29) is 11.8 Å². The zero-order valence-electron chi connectivity index (χ0n) is 18.4. The predicted octanol–water partition coefficient (Wildman–Crippen LogP) is 5.64. The lowest BCUT2D eigenvalue weighted by Gasteiger charge is -2.13. The third-order valence-corrected chi connectivity index (χ3v) is 5.90. The molecule has 1 heterocycles.